The van der Waals surface area contributed by atoms with E-state index in [9.17, 15) is 8.42 Å². The molecule has 0 saturated carbocycles. The Morgan fingerprint density at radius 1 is 1.33 bits per heavy atom. The summed E-state index contributed by atoms with van der Waals surface area (Å²) in [6.45, 7) is 3.85. The SMILES string of the molecule is CC1CC(CN)CN1c1ccc(S(C)(=O)=O)cc1. The van der Waals surface area contributed by atoms with E-state index in [-0.39, 0.29) is 0 Å². The van der Waals surface area contributed by atoms with Gasteiger partial charge in [0.2, 0.25) is 0 Å². The van der Waals surface area contributed by atoms with Gasteiger partial charge in [-0.25, -0.2) is 8.42 Å². The lowest BCUT2D eigenvalue weighted by Gasteiger charge is -2.24. The number of nitrogens with zero attached hydrogens (tertiary/aromatic N) is 1. The minimum Gasteiger partial charge on any atom is -0.368 e. The number of hydrogen-bond donors (Lipinski definition) is 1. The van der Waals surface area contributed by atoms with Gasteiger partial charge in [0.05, 0.1) is 4.90 Å². The summed E-state index contributed by atoms with van der Waals surface area (Å²) in [6, 6.07) is 7.57. The van der Waals surface area contributed by atoms with Crippen molar-refractivity contribution in [1.29, 1.82) is 0 Å². The Balaban J connectivity index is 2.20. The lowest BCUT2D eigenvalue weighted by molar-refractivity contribution is 0.579. The molecule has 2 N–H and O–H groups in total. The van der Waals surface area contributed by atoms with Crippen molar-refractivity contribution in [3.8, 4) is 0 Å². The summed E-state index contributed by atoms with van der Waals surface area (Å²) < 4.78 is 22.8. The molecule has 0 aromatic heterocycles. The van der Waals surface area contributed by atoms with Gasteiger partial charge >= 0.3 is 0 Å². The molecule has 1 aromatic carbocycles. The maximum atomic E-state index is 11.4. The smallest absolute Gasteiger partial charge is 0.175 e. The first kappa shape index (κ1) is 13.4. The fourth-order valence-electron chi connectivity index (χ4n) is 2.56. The van der Waals surface area contributed by atoms with Crippen LogP contribution in [-0.2, 0) is 9.84 Å². The summed E-state index contributed by atoms with van der Waals surface area (Å²) in [5.74, 6) is 0.537. The third-order valence-electron chi connectivity index (χ3n) is 3.59. The molecule has 1 fully saturated rings. The highest BCUT2D eigenvalue weighted by atomic mass is 32.2. The molecule has 0 amide bonds. The Morgan fingerprint density at radius 3 is 2.39 bits per heavy atom. The Morgan fingerprint density at radius 2 is 1.94 bits per heavy atom. The minimum atomic E-state index is -3.11. The van der Waals surface area contributed by atoms with E-state index < -0.39 is 9.84 Å². The highest BCUT2D eigenvalue weighted by Crippen LogP contribution is 2.29. The lowest BCUT2D eigenvalue weighted by atomic mass is 10.1. The Kier molecular flexibility index (Phi) is 3.64. The maximum Gasteiger partial charge on any atom is 0.175 e. The zero-order chi connectivity index (χ0) is 13.3. The number of hydrogen-bond acceptors (Lipinski definition) is 4. The van der Waals surface area contributed by atoms with Crippen LogP contribution in [0.2, 0.25) is 0 Å². The molecule has 1 heterocycles. The largest absolute Gasteiger partial charge is 0.368 e. The van der Waals surface area contributed by atoms with E-state index in [0.29, 0.717) is 23.4 Å². The van der Waals surface area contributed by atoms with Gasteiger partial charge in [-0.3, -0.25) is 0 Å². The van der Waals surface area contributed by atoms with Crippen LogP contribution in [0.1, 0.15) is 13.3 Å². The fraction of sp³-hybridized carbons (Fsp3) is 0.538. The first-order valence-corrected chi connectivity index (χ1v) is 8.08. The van der Waals surface area contributed by atoms with Crippen molar-refractivity contribution in [2.24, 2.45) is 11.7 Å². The van der Waals surface area contributed by atoms with Gasteiger partial charge in [-0.05, 0) is 50.1 Å². The average Bonchev–Trinajstić information content (AvgIpc) is 2.70. The number of rotatable bonds is 3. The van der Waals surface area contributed by atoms with E-state index in [2.05, 4.69) is 11.8 Å². The third-order valence-corrected chi connectivity index (χ3v) is 4.72. The summed E-state index contributed by atoms with van der Waals surface area (Å²) in [5, 5.41) is 0. The third kappa shape index (κ3) is 2.67. The molecule has 2 atom stereocenters. The minimum absolute atomic E-state index is 0.369. The van der Waals surface area contributed by atoms with E-state index in [1.54, 1.807) is 12.1 Å². The molecule has 0 aliphatic carbocycles. The van der Waals surface area contributed by atoms with Crippen LogP contribution < -0.4 is 10.6 Å². The van der Waals surface area contributed by atoms with Gasteiger partial charge in [0.25, 0.3) is 0 Å². The standard InChI is InChI=1S/C13H20N2O2S/c1-10-7-11(8-14)9-15(10)12-3-5-13(6-4-12)18(2,16)17/h3-6,10-11H,7-9,14H2,1-2H3. The predicted molar refractivity (Wildman–Crippen MR) is 73.5 cm³/mol. The molecular formula is C13H20N2O2S. The second-order valence-electron chi connectivity index (χ2n) is 5.10. The Hall–Kier alpha value is -1.07. The molecule has 18 heavy (non-hydrogen) atoms. The van der Waals surface area contributed by atoms with Gasteiger partial charge in [-0.1, -0.05) is 0 Å². The van der Waals surface area contributed by atoms with Crippen molar-refractivity contribution < 1.29 is 8.42 Å². The molecule has 0 radical (unpaired) electrons. The van der Waals surface area contributed by atoms with Crippen molar-refractivity contribution in [2.75, 3.05) is 24.2 Å². The normalized spacial score (nSPS) is 24.5. The lowest BCUT2D eigenvalue weighted by Crippen LogP contribution is -2.27. The van der Waals surface area contributed by atoms with Crippen LogP contribution in [-0.4, -0.2) is 33.8 Å². The van der Waals surface area contributed by atoms with Crippen LogP contribution in [0.4, 0.5) is 5.69 Å². The first-order chi connectivity index (χ1) is 8.41. The topological polar surface area (TPSA) is 63.4 Å². The van der Waals surface area contributed by atoms with Gasteiger partial charge in [0.15, 0.2) is 9.84 Å². The van der Waals surface area contributed by atoms with Crippen molar-refractivity contribution >= 4 is 15.5 Å². The molecule has 0 bridgehead atoms. The van der Waals surface area contributed by atoms with E-state index in [0.717, 1.165) is 18.7 Å². The molecule has 0 spiro atoms. The molecule has 4 nitrogen and oxygen atoms in total. The molecule has 1 aliphatic heterocycles. The average molecular weight is 268 g/mol. The van der Waals surface area contributed by atoms with Crippen molar-refractivity contribution in [3.05, 3.63) is 24.3 Å². The molecule has 1 aliphatic rings. The Labute approximate surface area is 109 Å². The van der Waals surface area contributed by atoms with Crippen molar-refractivity contribution in [1.82, 2.24) is 0 Å². The summed E-state index contributed by atoms with van der Waals surface area (Å²) in [4.78, 5) is 2.66. The van der Waals surface area contributed by atoms with Gasteiger partial charge in [0.1, 0.15) is 0 Å². The second-order valence-corrected chi connectivity index (χ2v) is 7.12. The molecule has 5 heteroatoms. The van der Waals surface area contributed by atoms with Crippen LogP contribution in [0.25, 0.3) is 0 Å². The molecular weight excluding hydrogens is 248 g/mol. The zero-order valence-corrected chi connectivity index (χ0v) is 11.7. The van der Waals surface area contributed by atoms with E-state index in [4.69, 9.17) is 5.73 Å². The zero-order valence-electron chi connectivity index (χ0n) is 10.8. The quantitative estimate of drug-likeness (QED) is 0.896. The maximum absolute atomic E-state index is 11.4. The summed E-state index contributed by atoms with van der Waals surface area (Å²) in [6.07, 6.45) is 2.33. The molecule has 1 aromatic rings. The molecule has 100 valence electrons. The van der Waals surface area contributed by atoms with Crippen LogP contribution in [0.15, 0.2) is 29.2 Å². The van der Waals surface area contributed by atoms with Crippen LogP contribution in [0, 0.1) is 5.92 Å². The first-order valence-electron chi connectivity index (χ1n) is 6.18. The highest BCUT2D eigenvalue weighted by Gasteiger charge is 2.28. The van der Waals surface area contributed by atoms with Gasteiger partial charge in [0, 0.05) is 24.5 Å². The van der Waals surface area contributed by atoms with E-state index in [1.807, 2.05) is 12.1 Å². The number of benzene rings is 1. The molecule has 1 saturated heterocycles. The number of sulfone groups is 1. The van der Waals surface area contributed by atoms with Crippen LogP contribution in [0.3, 0.4) is 0 Å². The monoisotopic (exact) mass is 268 g/mol. The fourth-order valence-corrected chi connectivity index (χ4v) is 3.19. The summed E-state index contributed by atoms with van der Waals surface area (Å²) in [5.41, 5.74) is 6.79. The van der Waals surface area contributed by atoms with E-state index in [1.165, 1.54) is 6.26 Å². The van der Waals surface area contributed by atoms with Crippen LogP contribution >= 0.6 is 0 Å². The van der Waals surface area contributed by atoms with Gasteiger partial charge in [-0.15, -0.1) is 0 Å². The Bertz CT molecular complexity index is 510. The molecule has 2 unspecified atom stereocenters. The van der Waals surface area contributed by atoms with Gasteiger partial charge in [-0.2, -0.15) is 0 Å². The predicted octanol–water partition coefficient (Wildman–Crippen LogP) is 1.26. The summed E-state index contributed by atoms with van der Waals surface area (Å²) >= 11 is 0. The van der Waals surface area contributed by atoms with E-state index >= 15 is 0 Å². The summed E-state index contributed by atoms with van der Waals surface area (Å²) in [7, 11) is -3.11. The number of nitrogens with two attached hydrogens (primary N) is 1. The highest BCUT2D eigenvalue weighted by molar-refractivity contribution is 7.90. The van der Waals surface area contributed by atoms with Crippen molar-refractivity contribution in [2.45, 2.75) is 24.3 Å². The van der Waals surface area contributed by atoms with Crippen molar-refractivity contribution in [3.63, 3.8) is 0 Å². The number of anilines is 1. The van der Waals surface area contributed by atoms with Gasteiger partial charge < -0.3 is 10.6 Å². The molecule has 2 rings (SSSR count). The van der Waals surface area contributed by atoms with Crippen LogP contribution in [0.5, 0.6) is 0 Å². The second kappa shape index (κ2) is 4.90.